The van der Waals surface area contributed by atoms with Crippen LogP contribution in [0.2, 0.25) is 0 Å². The summed E-state index contributed by atoms with van der Waals surface area (Å²) in [6.07, 6.45) is -6.04. The molecular weight excluding hydrogens is 701 g/mol. The van der Waals surface area contributed by atoms with Crippen LogP contribution in [0.1, 0.15) is 45.9 Å². The van der Waals surface area contributed by atoms with Gasteiger partial charge in [-0.15, -0.1) is 11.8 Å². The van der Waals surface area contributed by atoms with Crippen molar-refractivity contribution in [2.24, 2.45) is 5.11 Å². The lowest BCUT2D eigenvalue weighted by Gasteiger charge is -2.44. The number of hydrogen-bond acceptors (Lipinski definition) is 17. The van der Waals surface area contributed by atoms with E-state index >= 15 is 0 Å². The van der Waals surface area contributed by atoms with Gasteiger partial charge in [-0.3, -0.25) is 42.6 Å². The summed E-state index contributed by atoms with van der Waals surface area (Å²) in [7, 11) is -4.76. The second kappa shape index (κ2) is 17.8. The summed E-state index contributed by atoms with van der Waals surface area (Å²) in [4.78, 5) is 86.5. The Hall–Kier alpha value is -3.75. The second-order valence-electron chi connectivity index (χ2n) is 10.7. The van der Waals surface area contributed by atoms with E-state index in [1.807, 2.05) is 0 Å². The number of ether oxygens (including phenoxy) is 6. The molecule has 0 bridgehead atoms. The number of phosphoric ester groups is 1. The van der Waals surface area contributed by atoms with Crippen LogP contribution in [0.5, 0.6) is 0 Å². The van der Waals surface area contributed by atoms with Crippen molar-refractivity contribution in [2.75, 3.05) is 25.6 Å². The van der Waals surface area contributed by atoms with Crippen molar-refractivity contribution in [3.63, 3.8) is 0 Å². The number of hydrogen-bond donors (Lipinski definition) is 2. The Bertz CT molecular complexity index is 1600. The molecule has 0 spiro atoms. The molecule has 21 nitrogen and oxygen atoms in total. The third kappa shape index (κ3) is 11.7. The largest absolute Gasteiger partial charge is 0.472 e. The van der Waals surface area contributed by atoms with E-state index in [1.165, 1.54) is 13.1 Å². The highest BCUT2D eigenvalue weighted by molar-refractivity contribution is 7.99. The molecule has 3 heterocycles. The fraction of sp³-hybridized carbons (Fsp3) is 0.692. The minimum Gasteiger partial charge on any atom is -0.463 e. The van der Waals surface area contributed by atoms with Gasteiger partial charge in [0, 0.05) is 56.5 Å². The number of phosphoric acid groups is 1. The molecule has 2 aliphatic heterocycles. The lowest BCUT2D eigenvalue weighted by atomic mass is 9.99. The van der Waals surface area contributed by atoms with E-state index in [9.17, 15) is 38.2 Å². The van der Waals surface area contributed by atoms with Gasteiger partial charge < -0.3 is 33.3 Å². The van der Waals surface area contributed by atoms with Gasteiger partial charge in [0.2, 0.25) is 0 Å². The van der Waals surface area contributed by atoms with Gasteiger partial charge in [-0.25, -0.2) is 9.36 Å². The van der Waals surface area contributed by atoms with E-state index in [0.29, 0.717) is 0 Å². The first-order valence-corrected chi connectivity index (χ1v) is 17.1. The lowest BCUT2D eigenvalue weighted by Crippen LogP contribution is -2.61. The molecule has 0 amide bonds. The number of esters is 4. The predicted octanol–water partition coefficient (Wildman–Crippen LogP) is 0.761. The van der Waals surface area contributed by atoms with Crippen LogP contribution in [0.25, 0.3) is 10.4 Å². The van der Waals surface area contributed by atoms with Crippen LogP contribution in [0.15, 0.2) is 20.9 Å². The smallest absolute Gasteiger partial charge is 0.463 e. The molecule has 49 heavy (non-hydrogen) atoms. The molecule has 23 heteroatoms. The molecule has 2 N–H and O–H groups in total. The molecule has 2 saturated heterocycles. The van der Waals surface area contributed by atoms with Crippen LogP contribution in [-0.4, -0.2) is 106 Å². The number of carbonyl (C=O) groups excluding carboxylic acids is 4. The number of thioether (sulfide) groups is 1. The van der Waals surface area contributed by atoms with Crippen LogP contribution < -0.4 is 11.2 Å². The molecule has 0 saturated carbocycles. The van der Waals surface area contributed by atoms with Crippen LogP contribution >= 0.6 is 19.6 Å². The van der Waals surface area contributed by atoms with E-state index in [1.54, 1.807) is 0 Å². The fourth-order valence-corrected chi connectivity index (χ4v) is 6.76. The zero-order valence-corrected chi connectivity index (χ0v) is 28.7. The summed E-state index contributed by atoms with van der Waals surface area (Å²) in [6, 6.07) is -0.910. The number of aromatic amines is 1. The van der Waals surface area contributed by atoms with Crippen LogP contribution in [0.3, 0.4) is 0 Å². The maximum atomic E-state index is 12.7. The molecule has 2 aliphatic rings. The number of aryl methyl sites for hydroxylation is 1. The van der Waals surface area contributed by atoms with E-state index in [0.717, 1.165) is 44.0 Å². The normalized spacial score (nSPS) is 27.6. The van der Waals surface area contributed by atoms with Crippen molar-refractivity contribution in [2.45, 2.75) is 89.3 Å². The molecule has 1 unspecified atom stereocenters. The first-order valence-electron chi connectivity index (χ1n) is 14.6. The van der Waals surface area contributed by atoms with Crippen molar-refractivity contribution < 1.29 is 66.1 Å². The molecule has 0 aliphatic carbocycles. The molecule has 1 aromatic heterocycles. The van der Waals surface area contributed by atoms with E-state index in [4.69, 9.17) is 43.0 Å². The highest BCUT2D eigenvalue weighted by Crippen LogP contribution is 2.45. The molecular formula is C26H36N5O16PS. The van der Waals surface area contributed by atoms with Crippen LogP contribution in [0, 0.1) is 6.92 Å². The number of H-pyrrole nitrogens is 1. The van der Waals surface area contributed by atoms with Gasteiger partial charge in [0.1, 0.15) is 24.4 Å². The van der Waals surface area contributed by atoms with E-state index in [2.05, 4.69) is 15.0 Å². The van der Waals surface area contributed by atoms with Gasteiger partial charge in [0.25, 0.3) is 5.56 Å². The first kappa shape index (κ1) is 39.7. The fourth-order valence-electron chi connectivity index (χ4n) is 4.87. The minimum absolute atomic E-state index is 0.00725. The molecule has 1 aromatic rings. The van der Waals surface area contributed by atoms with Crippen molar-refractivity contribution in [3.8, 4) is 0 Å². The minimum atomic E-state index is -4.76. The van der Waals surface area contributed by atoms with Gasteiger partial charge in [0.15, 0.2) is 18.3 Å². The number of rotatable bonds is 15. The van der Waals surface area contributed by atoms with Gasteiger partial charge in [-0.05, 0) is 12.5 Å². The van der Waals surface area contributed by atoms with Crippen LogP contribution in [0.4, 0.5) is 0 Å². The van der Waals surface area contributed by atoms with Crippen LogP contribution in [-0.2, 0) is 61.2 Å². The van der Waals surface area contributed by atoms with Crippen molar-refractivity contribution in [1.29, 1.82) is 0 Å². The summed E-state index contributed by atoms with van der Waals surface area (Å²) < 4.78 is 56.7. The Kier molecular flexibility index (Phi) is 14.4. The maximum Gasteiger partial charge on any atom is 0.472 e. The summed E-state index contributed by atoms with van der Waals surface area (Å²) in [5.41, 5.74) is 6.69. The first-order chi connectivity index (χ1) is 23.0. The monoisotopic (exact) mass is 737 g/mol. The van der Waals surface area contributed by atoms with E-state index < -0.39 is 111 Å². The maximum absolute atomic E-state index is 12.7. The Labute approximate surface area is 282 Å². The standard InChI is InChI=1S/C26H36N5O16PS/c1-12-9-31(26(37)28-24(12)36)20-8-17(29-30-27)18(46-20)11-42-48(38,39)41-6-7-49-25-23(45-16(5)35)22(44-15(4)34)21(43-14(3)33)19(47-25)10-40-13(2)32/h9,17-23,25H,6-8,10-11H2,1-5H3,(H,38,39)(H,28,36,37)/t17-,18+,19+,20+,21+,22-,23+,25-/m0/s1. The number of nitrogens with zero attached hydrogens (tertiary/aromatic N) is 4. The highest BCUT2D eigenvalue weighted by atomic mass is 32.2. The third-order valence-electron chi connectivity index (χ3n) is 6.83. The predicted molar refractivity (Wildman–Crippen MR) is 164 cm³/mol. The Morgan fingerprint density at radius 3 is 2.24 bits per heavy atom. The van der Waals surface area contributed by atoms with Gasteiger partial charge >= 0.3 is 37.4 Å². The molecule has 272 valence electrons. The topological polar surface area (TPSA) is 283 Å². The van der Waals surface area contributed by atoms with Gasteiger partial charge in [-0.2, -0.15) is 0 Å². The lowest BCUT2D eigenvalue weighted by molar-refractivity contribution is -0.237. The summed E-state index contributed by atoms with van der Waals surface area (Å²) in [5.74, 6) is -3.17. The number of azide groups is 1. The molecule has 0 aromatic carbocycles. The SMILES string of the molecule is CC(=O)OC[C@H]1O[C@@H](SCCOP(=O)(O)OC[C@H]2O[C@@H](n3cc(C)c(=O)[nH]c3=O)C[C@@H]2N=[N+]=[N-])[C@H](OC(C)=O)[C@@H](OC(C)=O)[C@@H]1OC(C)=O. The van der Waals surface area contributed by atoms with Gasteiger partial charge in [0.05, 0.1) is 25.4 Å². The number of aromatic nitrogens is 2. The van der Waals surface area contributed by atoms with Crippen molar-refractivity contribution in [1.82, 2.24) is 9.55 Å². The Balaban J connectivity index is 1.66. The average molecular weight is 738 g/mol. The Morgan fingerprint density at radius 2 is 1.63 bits per heavy atom. The number of carbonyl (C=O) groups is 4. The molecule has 0 radical (unpaired) electrons. The van der Waals surface area contributed by atoms with Crippen molar-refractivity contribution >= 4 is 43.5 Å². The molecule has 9 atom stereocenters. The third-order valence-corrected chi connectivity index (χ3v) is 8.92. The quantitative estimate of drug-likeness (QED) is 0.0478. The van der Waals surface area contributed by atoms with Gasteiger partial charge in [-0.1, -0.05) is 5.11 Å². The van der Waals surface area contributed by atoms with E-state index in [-0.39, 0.29) is 17.7 Å². The Morgan fingerprint density at radius 1 is 1.00 bits per heavy atom. The zero-order valence-electron chi connectivity index (χ0n) is 26.9. The zero-order chi connectivity index (χ0) is 36.5. The average Bonchev–Trinajstić information content (AvgIpc) is 3.39. The summed E-state index contributed by atoms with van der Waals surface area (Å²) in [5, 5.41) is 3.62. The molecule has 3 rings (SSSR count). The second-order valence-corrected chi connectivity index (χ2v) is 13.3. The summed E-state index contributed by atoms with van der Waals surface area (Å²) >= 11 is 0.908. The highest BCUT2D eigenvalue weighted by Gasteiger charge is 2.52. The van der Waals surface area contributed by atoms with Crippen molar-refractivity contribution in [3.05, 3.63) is 43.0 Å². The molecule has 2 fully saturated rings. The summed E-state index contributed by atoms with van der Waals surface area (Å²) in [6.45, 7) is 4.41. The number of nitrogens with one attached hydrogen (secondary N) is 1.